The molecular weight excluding hydrogens is 280 g/mol. The molecule has 1 aromatic rings. The number of hydrogen-bond donors (Lipinski definition) is 3. The third-order valence-corrected chi connectivity index (χ3v) is 3.95. The van der Waals surface area contributed by atoms with Crippen molar-refractivity contribution in [2.45, 2.75) is 39.5 Å². The Bertz CT molecular complexity index is 494. The van der Waals surface area contributed by atoms with Gasteiger partial charge in [0.1, 0.15) is 0 Å². The zero-order chi connectivity index (χ0) is 16.5. The lowest BCUT2D eigenvalue weighted by Gasteiger charge is -2.26. The minimum Gasteiger partial charge on any atom is -0.481 e. The van der Waals surface area contributed by atoms with Gasteiger partial charge in [-0.3, -0.25) is 9.59 Å². The molecule has 0 aliphatic heterocycles. The van der Waals surface area contributed by atoms with E-state index in [9.17, 15) is 9.59 Å². The highest BCUT2D eigenvalue weighted by Crippen LogP contribution is 2.28. The molecule has 0 spiro atoms. The summed E-state index contributed by atoms with van der Waals surface area (Å²) in [5.41, 5.74) is 6.72. The Morgan fingerprint density at radius 3 is 2.32 bits per heavy atom. The second-order valence-corrected chi connectivity index (χ2v) is 5.35. The van der Waals surface area contributed by atoms with Crippen LogP contribution < -0.4 is 11.1 Å². The molecule has 0 heterocycles. The number of rotatable bonds is 4. The third kappa shape index (κ3) is 5.06. The molecule has 0 radical (unpaired) electrons. The van der Waals surface area contributed by atoms with Gasteiger partial charge in [-0.1, -0.05) is 26.0 Å². The van der Waals surface area contributed by atoms with Crippen molar-refractivity contribution in [2.24, 2.45) is 11.8 Å². The van der Waals surface area contributed by atoms with E-state index >= 15 is 0 Å². The van der Waals surface area contributed by atoms with Gasteiger partial charge >= 0.3 is 5.97 Å². The van der Waals surface area contributed by atoms with Gasteiger partial charge in [-0.2, -0.15) is 0 Å². The summed E-state index contributed by atoms with van der Waals surface area (Å²) in [5, 5.41) is 11.8. The molecule has 0 saturated heterocycles. The topological polar surface area (TPSA) is 92.4 Å². The van der Waals surface area contributed by atoms with Crippen LogP contribution in [0.1, 0.15) is 49.9 Å². The summed E-state index contributed by atoms with van der Waals surface area (Å²) in [7, 11) is 0. The molecule has 1 aromatic carbocycles. The fourth-order valence-corrected chi connectivity index (χ4v) is 2.65. The average molecular weight is 306 g/mol. The Morgan fingerprint density at radius 1 is 1.18 bits per heavy atom. The molecule has 22 heavy (non-hydrogen) atoms. The number of nitrogens with two attached hydrogens (primary N) is 1. The van der Waals surface area contributed by atoms with Gasteiger partial charge in [0.05, 0.1) is 11.5 Å². The highest BCUT2D eigenvalue weighted by Gasteiger charge is 2.26. The van der Waals surface area contributed by atoms with Gasteiger partial charge in [-0.25, -0.2) is 0 Å². The molecule has 1 fully saturated rings. The van der Waals surface area contributed by atoms with Gasteiger partial charge in [-0.15, -0.1) is 0 Å². The largest absolute Gasteiger partial charge is 0.481 e. The predicted octanol–water partition coefficient (Wildman–Crippen LogP) is 2.92. The average Bonchev–Trinajstić information content (AvgIpc) is 2.55. The summed E-state index contributed by atoms with van der Waals surface area (Å²) in [4.78, 5) is 22.9. The molecule has 1 saturated carbocycles. The summed E-state index contributed by atoms with van der Waals surface area (Å²) in [6, 6.07) is 6.97. The lowest BCUT2D eigenvalue weighted by molar-refractivity contribution is -0.143. The van der Waals surface area contributed by atoms with E-state index in [0.29, 0.717) is 36.6 Å². The minimum atomic E-state index is -0.704. The fourth-order valence-electron chi connectivity index (χ4n) is 2.65. The standard InChI is InChI=1S/C15H20N2O3.C2H6/c16-13-4-2-1-3-12(13)14(18)17-9-10-5-7-11(8-6-10)15(19)20;1-2/h1-4,10-11H,5-9,16H2,(H,17,18)(H,19,20);1-2H3. The van der Waals surface area contributed by atoms with Crippen LogP contribution in [0.25, 0.3) is 0 Å². The van der Waals surface area contributed by atoms with E-state index in [-0.39, 0.29) is 11.8 Å². The smallest absolute Gasteiger partial charge is 0.306 e. The Hall–Kier alpha value is -2.04. The number of hydrogen-bond acceptors (Lipinski definition) is 3. The second kappa shape index (κ2) is 9.07. The second-order valence-electron chi connectivity index (χ2n) is 5.35. The van der Waals surface area contributed by atoms with E-state index in [1.807, 2.05) is 13.8 Å². The van der Waals surface area contributed by atoms with Crippen molar-refractivity contribution in [3.63, 3.8) is 0 Å². The first-order chi connectivity index (χ1) is 10.6. The van der Waals surface area contributed by atoms with Crippen LogP contribution in [0.4, 0.5) is 5.69 Å². The molecule has 0 aromatic heterocycles. The number of carboxylic acid groups (broad SMARTS) is 1. The maximum Gasteiger partial charge on any atom is 0.306 e. The van der Waals surface area contributed by atoms with Crippen molar-refractivity contribution in [1.82, 2.24) is 5.32 Å². The van der Waals surface area contributed by atoms with E-state index in [0.717, 1.165) is 12.8 Å². The summed E-state index contributed by atoms with van der Waals surface area (Å²) >= 11 is 0. The number of carbonyl (C=O) groups is 2. The number of carbonyl (C=O) groups excluding carboxylic acids is 1. The van der Waals surface area contributed by atoms with Crippen molar-refractivity contribution >= 4 is 17.6 Å². The van der Waals surface area contributed by atoms with Crippen molar-refractivity contribution < 1.29 is 14.7 Å². The SMILES string of the molecule is CC.Nc1ccccc1C(=O)NCC1CCC(C(=O)O)CC1. The molecular formula is C17H26N2O3. The molecule has 122 valence electrons. The molecule has 0 atom stereocenters. The van der Waals surface area contributed by atoms with E-state index in [4.69, 9.17) is 10.8 Å². The molecule has 1 aliphatic rings. The lowest BCUT2D eigenvalue weighted by Crippen LogP contribution is -2.32. The summed E-state index contributed by atoms with van der Waals surface area (Å²) in [6.45, 7) is 4.58. The first-order valence-electron chi connectivity index (χ1n) is 7.93. The molecule has 5 nitrogen and oxygen atoms in total. The number of aliphatic carboxylic acids is 1. The van der Waals surface area contributed by atoms with E-state index in [1.165, 1.54) is 0 Å². The number of nitrogens with one attached hydrogen (secondary N) is 1. The number of benzene rings is 1. The monoisotopic (exact) mass is 306 g/mol. The zero-order valence-corrected chi connectivity index (χ0v) is 13.3. The van der Waals surface area contributed by atoms with Crippen molar-refractivity contribution in [3.05, 3.63) is 29.8 Å². The minimum absolute atomic E-state index is 0.163. The Labute approximate surface area is 131 Å². The van der Waals surface area contributed by atoms with Gasteiger partial charge in [0.2, 0.25) is 0 Å². The zero-order valence-electron chi connectivity index (χ0n) is 13.3. The number of anilines is 1. The van der Waals surface area contributed by atoms with Crippen LogP contribution in [-0.2, 0) is 4.79 Å². The van der Waals surface area contributed by atoms with Crippen molar-refractivity contribution in [3.8, 4) is 0 Å². The Morgan fingerprint density at radius 2 is 1.77 bits per heavy atom. The predicted molar refractivity (Wildman–Crippen MR) is 87.6 cm³/mol. The quantitative estimate of drug-likeness (QED) is 0.746. The van der Waals surface area contributed by atoms with E-state index < -0.39 is 5.97 Å². The molecule has 5 heteroatoms. The fraction of sp³-hybridized carbons (Fsp3) is 0.529. The van der Waals surface area contributed by atoms with Crippen LogP contribution in [0.5, 0.6) is 0 Å². The number of para-hydroxylation sites is 1. The van der Waals surface area contributed by atoms with Crippen LogP contribution in [0.2, 0.25) is 0 Å². The van der Waals surface area contributed by atoms with Crippen molar-refractivity contribution in [1.29, 1.82) is 0 Å². The van der Waals surface area contributed by atoms with E-state index in [1.54, 1.807) is 24.3 Å². The van der Waals surface area contributed by atoms with Gasteiger partial charge in [0.15, 0.2) is 0 Å². The van der Waals surface area contributed by atoms with Crippen molar-refractivity contribution in [2.75, 3.05) is 12.3 Å². The summed E-state index contributed by atoms with van der Waals surface area (Å²) < 4.78 is 0. The summed E-state index contributed by atoms with van der Waals surface area (Å²) in [5.74, 6) is -0.723. The maximum absolute atomic E-state index is 12.0. The van der Waals surface area contributed by atoms with Crippen LogP contribution in [0.15, 0.2) is 24.3 Å². The molecule has 4 N–H and O–H groups in total. The molecule has 1 amide bonds. The lowest BCUT2D eigenvalue weighted by atomic mass is 9.82. The van der Waals surface area contributed by atoms with Crippen LogP contribution in [0, 0.1) is 11.8 Å². The van der Waals surface area contributed by atoms with Gasteiger partial charge < -0.3 is 16.2 Å². The number of amides is 1. The van der Waals surface area contributed by atoms with Crippen LogP contribution in [-0.4, -0.2) is 23.5 Å². The Kier molecular flexibility index (Phi) is 7.43. The van der Waals surface area contributed by atoms with E-state index in [2.05, 4.69) is 5.32 Å². The Balaban J connectivity index is 0.00000116. The van der Waals surface area contributed by atoms with Crippen LogP contribution >= 0.6 is 0 Å². The van der Waals surface area contributed by atoms with Gasteiger partial charge in [0, 0.05) is 12.2 Å². The molecule has 2 rings (SSSR count). The number of carboxylic acids is 1. The van der Waals surface area contributed by atoms with Crippen LogP contribution in [0.3, 0.4) is 0 Å². The highest BCUT2D eigenvalue weighted by molar-refractivity contribution is 5.99. The normalized spacial score (nSPS) is 20.5. The highest BCUT2D eigenvalue weighted by atomic mass is 16.4. The maximum atomic E-state index is 12.0. The molecule has 0 unspecified atom stereocenters. The number of nitrogen functional groups attached to an aromatic ring is 1. The molecule has 0 bridgehead atoms. The molecule has 1 aliphatic carbocycles. The third-order valence-electron chi connectivity index (χ3n) is 3.95. The van der Waals surface area contributed by atoms with Gasteiger partial charge in [-0.05, 0) is 43.7 Å². The van der Waals surface area contributed by atoms with Gasteiger partial charge in [0.25, 0.3) is 5.91 Å². The summed E-state index contributed by atoms with van der Waals surface area (Å²) in [6.07, 6.45) is 3.09. The first-order valence-corrected chi connectivity index (χ1v) is 7.93. The first kappa shape index (κ1) is 18.0.